The number of ether oxygens (including phenoxy) is 2. The SMILES string of the molecule is COCCn1nnnc1C1CN(C(=O)CC2Cc3ccccc3C2)CCO1. The Bertz CT molecular complexity index is 768. The van der Waals surface area contributed by atoms with E-state index in [4.69, 9.17) is 9.47 Å². The maximum atomic E-state index is 12.9. The van der Waals surface area contributed by atoms with Crippen LogP contribution in [0.2, 0.25) is 0 Å². The second kappa shape index (κ2) is 8.14. The average Bonchev–Trinajstić information content (AvgIpc) is 3.32. The van der Waals surface area contributed by atoms with E-state index in [1.807, 2.05) is 4.90 Å². The van der Waals surface area contributed by atoms with Crippen LogP contribution >= 0.6 is 0 Å². The van der Waals surface area contributed by atoms with Crippen molar-refractivity contribution in [2.75, 3.05) is 33.4 Å². The van der Waals surface area contributed by atoms with E-state index in [0.717, 1.165) is 12.8 Å². The highest BCUT2D eigenvalue weighted by molar-refractivity contribution is 5.76. The molecule has 8 heteroatoms. The van der Waals surface area contributed by atoms with Crippen LogP contribution in [0.1, 0.15) is 29.5 Å². The molecular weight excluding hydrogens is 346 g/mol. The molecule has 1 amide bonds. The van der Waals surface area contributed by atoms with Gasteiger partial charge in [-0.15, -0.1) is 5.10 Å². The van der Waals surface area contributed by atoms with Crippen LogP contribution in [0.5, 0.6) is 0 Å². The Balaban J connectivity index is 1.36. The van der Waals surface area contributed by atoms with Gasteiger partial charge in [0.1, 0.15) is 6.10 Å². The Morgan fingerprint density at radius 2 is 2.07 bits per heavy atom. The van der Waals surface area contributed by atoms with Gasteiger partial charge in [-0.25, -0.2) is 4.68 Å². The first-order valence-corrected chi connectivity index (χ1v) is 9.45. The minimum absolute atomic E-state index is 0.192. The molecule has 2 aromatic rings. The lowest BCUT2D eigenvalue weighted by atomic mass is 10.0. The minimum atomic E-state index is -0.296. The van der Waals surface area contributed by atoms with Gasteiger partial charge in [0.05, 0.1) is 26.3 Å². The number of carbonyl (C=O) groups excluding carboxylic acids is 1. The van der Waals surface area contributed by atoms with Crippen LogP contribution in [0.15, 0.2) is 24.3 Å². The molecule has 4 rings (SSSR count). The summed E-state index contributed by atoms with van der Waals surface area (Å²) >= 11 is 0. The summed E-state index contributed by atoms with van der Waals surface area (Å²) in [6, 6.07) is 8.49. The van der Waals surface area contributed by atoms with E-state index in [1.165, 1.54) is 11.1 Å². The van der Waals surface area contributed by atoms with Crippen molar-refractivity contribution in [3.05, 3.63) is 41.2 Å². The number of morpholine rings is 1. The Kier molecular flexibility index (Phi) is 5.45. The van der Waals surface area contributed by atoms with Crippen LogP contribution in [0, 0.1) is 5.92 Å². The monoisotopic (exact) mass is 371 g/mol. The van der Waals surface area contributed by atoms with Crippen LogP contribution in [0.4, 0.5) is 0 Å². The summed E-state index contributed by atoms with van der Waals surface area (Å²) in [5.74, 6) is 1.23. The summed E-state index contributed by atoms with van der Waals surface area (Å²) in [5, 5.41) is 11.8. The molecular formula is C19H25N5O3. The molecule has 1 atom stereocenters. The number of methoxy groups -OCH3 is 1. The second-order valence-corrected chi connectivity index (χ2v) is 7.20. The van der Waals surface area contributed by atoms with Gasteiger partial charge in [0.25, 0.3) is 0 Å². The average molecular weight is 371 g/mol. The van der Waals surface area contributed by atoms with Crippen LogP contribution in [0.3, 0.4) is 0 Å². The van der Waals surface area contributed by atoms with Crippen molar-refractivity contribution in [1.29, 1.82) is 0 Å². The fourth-order valence-corrected chi connectivity index (χ4v) is 3.98. The summed E-state index contributed by atoms with van der Waals surface area (Å²) < 4.78 is 12.6. The van der Waals surface area contributed by atoms with E-state index in [1.54, 1.807) is 11.8 Å². The summed E-state index contributed by atoms with van der Waals surface area (Å²) in [6.45, 7) is 2.70. The molecule has 1 saturated heterocycles. The molecule has 0 radical (unpaired) electrons. The summed E-state index contributed by atoms with van der Waals surface area (Å²) in [6.07, 6.45) is 2.27. The van der Waals surface area contributed by atoms with Gasteiger partial charge in [0, 0.05) is 20.1 Å². The van der Waals surface area contributed by atoms with Gasteiger partial charge in [-0.05, 0) is 40.3 Å². The van der Waals surface area contributed by atoms with E-state index in [2.05, 4.69) is 39.8 Å². The van der Waals surface area contributed by atoms with Crippen LogP contribution in [0.25, 0.3) is 0 Å². The fourth-order valence-electron chi connectivity index (χ4n) is 3.98. The highest BCUT2D eigenvalue weighted by Crippen LogP contribution is 2.29. The molecule has 0 N–H and O–H groups in total. The molecule has 1 aliphatic carbocycles. The molecule has 2 heterocycles. The number of hydrogen-bond acceptors (Lipinski definition) is 6. The molecule has 1 aromatic carbocycles. The molecule has 0 bridgehead atoms. The highest BCUT2D eigenvalue weighted by Gasteiger charge is 2.31. The predicted octanol–water partition coefficient (Wildman–Crippen LogP) is 1.02. The number of aromatic nitrogens is 4. The zero-order chi connectivity index (χ0) is 18.6. The van der Waals surface area contributed by atoms with Crippen molar-refractivity contribution in [3.8, 4) is 0 Å². The van der Waals surface area contributed by atoms with Crippen LogP contribution in [-0.4, -0.2) is 64.4 Å². The van der Waals surface area contributed by atoms with E-state index in [0.29, 0.717) is 51.0 Å². The number of nitrogens with zero attached hydrogens (tertiary/aromatic N) is 5. The molecule has 1 fully saturated rings. The number of hydrogen-bond donors (Lipinski definition) is 0. The van der Waals surface area contributed by atoms with Crippen molar-refractivity contribution >= 4 is 5.91 Å². The first-order valence-electron chi connectivity index (χ1n) is 9.45. The van der Waals surface area contributed by atoms with Gasteiger partial charge >= 0.3 is 0 Å². The van der Waals surface area contributed by atoms with Crippen molar-refractivity contribution in [2.24, 2.45) is 5.92 Å². The lowest BCUT2D eigenvalue weighted by molar-refractivity contribution is -0.140. The topological polar surface area (TPSA) is 82.4 Å². The quantitative estimate of drug-likeness (QED) is 0.754. The molecule has 0 spiro atoms. The van der Waals surface area contributed by atoms with Gasteiger partial charge in [0.2, 0.25) is 5.91 Å². The summed E-state index contributed by atoms with van der Waals surface area (Å²) in [7, 11) is 1.64. The molecule has 1 aromatic heterocycles. The maximum Gasteiger partial charge on any atom is 0.223 e. The number of fused-ring (bicyclic) bond motifs is 1. The normalized spacial score (nSPS) is 20.0. The third-order valence-electron chi connectivity index (χ3n) is 5.37. The van der Waals surface area contributed by atoms with Gasteiger partial charge < -0.3 is 14.4 Å². The smallest absolute Gasteiger partial charge is 0.223 e. The highest BCUT2D eigenvalue weighted by atomic mass is 16.5. The fraction of sp³-hybridized carbons (Fsp3) is 0.579. The zero-order valence-electron chi connectivity index (χ0n) is 15.6. The third-order valence-corrected chi connectivity index (χ3v) is 5.37. The van der Waals surface area contributed by atoms with Crippen molar-refractivity contribution in [1.82, 2.24) is 25.1 Å². The van der Waals surface area contributed by atoms with Gasteiger partial charge in [-0.2, -0.15) is 0 Å². The van der Waals surface area contributed by atoms with Crippen LogP contribution in [-0.2, 0) is 33.7 Å². The predicted molar refractivity (Wildman–Crippen MR) is 96.9 cm³/mol. The number of benzene rings is 1. The zero-order valence-corrected chi connectivity index (χ0v) is 15.6. The molecule has 144 valence electrons. The lowest BCUT2D eigenvalue weighted by Gasteiger charge is -2.33. The van der Waals surface area contributed by atoms with E-state index >= 15 is 0 Å². The Labute approximate surface area is 158 Å². The largest absolute Gasteiger partial charge is 0.383 e. The molecule has 0 saturated carbocycles. The minimum Gasteiger partial charge on any atom is -0.383 e. The van der Waals surface area contributed by atoms with Gasteiger partial charge in [-0.3, -0.25) is 4.79 Å². The molecule has 2 aliphatic rings. The van der Waals surface area contributed by atoms with Crippen molar-refractivity contribution in [2.45, 2.75) is 31.9 Å². The van der Waals surface area contributed by atoms with E-state index < -0.39 is 0 Å². The summed E-state index contributed by atoms with van der Waals surface area (Å²) in [5.41, 5.74) is 2.76. The molecule has 8 nitrogen and oxygen atoms in total. The Morgan fingerprint density at radius 1 is 1.30 bits per heavy atom. The first-order chi connectivity index (χ1) is 13.2. The molecule has 1 aliphatic heterocycles. The third kappa shape index (κ3) is 4.01. The maximum absolute atomic E-state index is 12.9. The standard InChI is InChI=1S/C19H25N5O3/c1-26-8-7-24-19(20-21-22-24)17-13-23(6-9-27-17)18(25)12-14-10-15-4-2-3-5-16(15)11-14/h2-5,14,17H,6-13H2,1H3. The Morgan fingerprint density at radius 3 is 2.81 bits per heavy atom. The van der Waals surface area contributed by atoms with Crippen LogP contribution < -0.4 is 0 Å². The molecule has 27 heavy (non-hydrogen) atoms. The second-order valence-electron chi connectivity index (χ2n) is 7.20. The first kappa shape index (κ1) is 18.1. The van der Waals surface area contributed by atoms with Gasteiger partial charge in [-0.1, -0.05) is 24.3 Å². The van der Waals surface area contributed by atoms with Crippen molar-refractivity contribution in [3.63, 3.8) is 0 Å². The molecule has 1 unspecified atom stereocenters. The Hall–Kier alpha value is -2.32. The number of rotatable bonds is 6. The number of carbonyl (C=O) groups is 1. The number of amides is 1. The van der Waals surface area contributed by atoms with E-state index in [9.17, 15) is 4.79 Å². The van der Waals surface area contributed by atoms with Gasteiger partial charge in [0.15, 0.2) is 5.82 Å². The van der Waals surface area contributed by atoms with Crippen molar-refractivity contribution < 1.29 is 14.3 Å². The lowest BCUT2D eigenvalue weighted by Crippen LogP contribution is -2.43. The van der Waals surface area contributed by atoms with E-state index in [-0.39, 0.29) is 12.0 Å². The summed E-state index contributed by atoms with van der Waals surface area (Å²) in [4.78, 5) is 14.8. The number of tetrazole rings is 1.